The summed E-state index contributed by atoms with van der Waals surface area (Å²) < 4.78 is 0. The van der Waals surface area contributed by atoms with E-state index in [1.54, 1.807) is 0 Å². The van der Waals surface area contributed by atoms with Crippen molar-refractivity contribution in [3.63, 3.8) is 0 Å². The van der Waals surface area contributed by atoms with E-state index in [1.807, 2.05) is 23.9 Å². The summed E-state index contributed by atoms with van der Waals surface area (Å²) >= 11 is 10.5. The highest BCUT2D eigenvalue weighted by atomic mass is 35.5. The third-order valence-electron chi connectivity index (χ3n) is 2.24. The summed E-state index contributed by atoms with van der Waals surface area (Å²) in [4.78, 5) is 25.1. The summed E-state index contributed by atoms with van der Waals surface area (Å²) in [5, 5.41) is -0.624. The molecular formula is C10H18Cl2N2O2. The largest absolute Gasteiger partial charge is 0.305 e. The summed E-state index contributed by atoms with van der Waals surface area (Å²) in [5.41, 5.74) is 0. The highest BCUT2D eigenvalue weighted by Crippen LogP contribution is 1.95. The topological polar surface area (TPSA) is 40.6 Å². The van der Waals surface area contributed by atoms with Gasteiger partial charge in [-0.3, -0.25) is 9.59 Å². The van der Waals surface area contributed by atoms with Gasteiger partial charge in [0.2, 0.25) is 10.5 Å². The maximum absolute atomic E-state index is 10.5. The normalized spacial score (nSPS) is 11.1. The Kier molecular flexibility index (Phi) is 8.84. The number of carbonyl (C=O) groups is 2. The molecule has 6 heteroatoms. The molecule has 0 spiro atoms. The van der Waals surface area contributed by atoms with Crippen molar-refractivity contribution in [2.75, 3.05) is 40.3 Å². The highest BCUT2D eigenvalue weighted by Gasteiger charge is 2.05. The second kappa shape index (κ2) is 8.93. The van der Waals surface area contributed by atoms with Crippen LogP contribution in [0.4, 0.5) is 0 Å². The Balaban J connectivity index is 3.54. The molecule has 0 aliphatic carbocycles. The van der Waals surface area contributed by atoms with Crippen LogP contribution in [0.15, 0.2) is 0 Å². The first kappa shape index (κ1) is 15.8. The van der Waals surface area contributed by atoms with Crippen molar-refractivity contribution < 1.29 is 9.59 Å². The standard InChI is InChI=1S/C10H18Cl2N2O2/c1-13(5-3-9(11)15)7-8-14(2)6-4-10(12)16/h3-8H2,1-2H3. The number of likely N-dealkylation sites (N-methyl/N-ethyl adjacent to an activating group) is 2. The molecule has 4 nitrogen and oxygen atoms in total. The van der Waals surface area contributed by atoms with E-state index < -0.39 is 0 Å². The molecule has 0 atom stereocenters. The van der Waals surface area contributed by atoms with Crippen molar-refractivity contribution in [2.24, 2.45) is 0 Å². The van der Waals surface area contributed by atoms with Gasteiger partial charge in [0.1, 0.15) is 0 Å². The third kappa shape index (κ3) is 10.4. The van der Waals surface area contributed by atoms with Crippen LogP contribution in [0.3, 0.4) is 0 Å². The quantitative estimate of drug-likeness (QED) is 0.589. The minimum atomic E-state index is -0.312. The van der Waals surface area contributed by atoms with Gasteiger partial charge in [-0.25, -0.2) is 0 Å². The predicted molar refractivity (Wildman–Crippen MR) is 65.9 cm³/mol. The van der Waals surface area contributed by atoms with Gasteiger partial charge in [0.05, 0.1) is 0 Å². The Labute approximate surface area is 106 Å². The Morgan fingerprint density at radius 3 is 1.38 bits per heavy atom. The van der Waals surface area contributed by atoms with Gasteiger partial charge in [0, 0.05) is 39.0 Å². The van der Waals surface area contributed by atoms with Crippen molar-refractivity contribution in [3.8, 4) is 0 Å². The molecule has 94 valence electrons. The van der Waals surface area contributed by atoms with E-state index in [0.29, 0.717) is 25.9 Å². The number of nitrogens with zero attached hydrogens (tertiary/aromatic N) is 2. The Hall–Kier alpha value is -0.160. The summed E-state index contributed by atoms with van der Waals surface area (Å²) in [7, 11) is 3.86. The molecule has 0 fully saturated rings. The van der Waals surface area contributed by atoms with E-state index in [0.717, 1.165) is 13.1 Å². The first-order valence-electron chi connectivity index (χ1n) is 5.15. The minimum Gasteiger partial charge on any atom is -0.305 e. The lowest BCUT2D eigenvalue weighted by Crippen LogP contribution is -2.32. The van der Waals surface area contributed by atoms with Crippen LogP contribution in [0, 0.1) is 0 Å². The molecule has 0 aromatic rings. The fraction of sp³-hybridized carbons (Fsp3) is 0.800. The van der Waals surface area contributed by atoms with Crippen LogP contribution in [0.5, 0.6) is 0 Å². The van der Waals surface area contributed by atoms with Gasteiger partial charge in [-0.1, -0.05) is 0 Å². The zero-order valence-electron chi connectivity index (χ0n) is 9.71. The van der Waals surface area contributed by atoms with Crippen LogP contribution in [-0.2, 0) is 9.59 Å². The Morgan fingerprint density at radius 1 is 0.812 bits per heavy atom. The monoisotopic (exact) mass is 268 g/mol. The smallest absolute Gasteiger partial charge is 0.222 e. The summed E-state index contributed by atoms with van der Waals surface area (Å²) in [6.45, 7) is 2.98. The van der Waals surface area contributed by atoms with Gasteiger partial charge in [-0.05, 0) is 37.3 Å². The van der Waals surface area contributed by atoms with Crippen LogP contribution in [0.2, 0.25) is 0 Å². The molecule has 0 heterocycles. The van der Waals surface area contributed by atoms with Crippen molar-refractivity contribution in [1.82, 2.24) is 9.80 Å². The lowest BCUT2D eigenvalue weighted by Gasteiger charge is -2.20. The zero-order chi connectivity index (χ0) is 12.6. The van der Waals surface area contributed by atoms with Crippen LogP contribution >= 0.6 is 23.2 Å². The number of halogens is 2. The van der Waals surface area contributed by atoms with Crippen molar-refractivity contribution in [2.45, 2.75) is 12.8 Å². The first-order valence-corrected chi connectivity index (χ1v) is 5.91. The Bertz CT molecular complexity index is 213. The average Bonchev–Trinajstić information content (AvgIpc) is 2.20. The molecule has 0 rings (SSSR count). The molecule has 0 aliphatic rings. The van der Waals surface area contributed by atoms with E-state index >= 15 is 0 Å². The lowest BCUT2D eigenvalue weighted by atomic mass is 10.4. The molecule has 0 unspecified atom stereocenters. The number of rotatable bonds is 9. The van der Waals surface area contributed by atoms with Gasteiger partial charge in [-0.2, -0.15) is 0 Å². The predicted octanol–water partition coefficient (Wildman–Crippen LogP) is 1.16. The van der Waals surface area contributed by atoms with E-state index in [-0.39, 0.29) is 10.5 Å². The van der Waals surface area contributed by atoms with Gasteiger partial charge in [-0.15, -0.1) is 0 Å². The van der Waals surface area contributed by atoms with E-state index in [4.69, 9.17) is 23.2 Å². The molecule has 0 bridgehead atoms. The molecule has 16 heavy (non-hydrogen) atoms. The second-order valence-electron chi connectivity index (χ2n) is 3.82. The minimum absolute atomic E-state index is 0.312. The van der Waals surface area contributed by atoms with Crippen LogP contribution in [0.1, 0.15) is 12.8 Å². The van der Waals surface area contributed by atoms with Crippen molar-refractivity contribution in [3.05, 3.63) is 0 Å². The first-order chi connectivity index (χ1) is 7.41. The molecule has 0 aliphatic heterocycles. The second-order valence-corrected chi connectivity index (χ2v) is 4.66. The zero-order valence-corrected chi connectivity index (χ0v) is 11.2. The molecule has 0 saturated carbocycles. The van der Waals surface area contributed by atoms with Crippen LogP contribution in [0.25, 0.3) is 0 Å². The van der Waals surface area contributed by atoms with Crippen LogP contribution < -0.4 is 0 Å². The van der Waals surface area contributed by atoms with Gasteiger partial charge in [0.15, 0.2) is 0 Å². The Morgan fingerprint density at radius 2 is 1.12 bits per heavy atom. The van der Waals surface area contributed by atoms with E-state index in [1.165, 1.54) is 0 Å². The van der Waals surface area contributed by atoms with E-state index in [2.05, 4.69) is 0 Å². The molecule has 0 radical (unpaired) electrons. The molecule has 0 saturated heterocycles. The lowest BCUT2D eigenvalue weighted by molar-refractivity contribution is -0.112. The maximum atomic E-state index is 10.5. The molecular weight excluding hydrogens is 251 g/mol. The fourth-order valence-corrected chi connectivity index (χ4v) is 1.29. The summed E-state index contributed by atoms with van der Waals surface area (Å²) in [6.07, 6.45) is 0.726. The van der Waals surface area contributed by atoms with Crippen LogP contribution in [-0.4, -0.2) is 60.6 Å². The highest BCUT2D eigenvalue weighted by molar-refractivity contribution is 6.63. The number of hydrogen-bond acceptors (Lipinski definition) is 4. The van der Waals surface area contributed by atoms with Gasteiger partial charge >= 0.3 is 0 Å². The van der Waals surface area contributed by atoms with E-state index in [9.17, 15) is 9.59 Å². The maximum Gasteiger partial charge on any atom is 0.222 e. The summed E-state index contributed by atoms with van der Waals surface area (Å²) in [6, 6.07) is 0. The number of hydrogen-bond donors (Lipinski definition) is 0. The van der Waals surface area contributed by atoms with Gasteiger partial charge in [0.25, 0.3) is 0 Å². The molecule has 0 amide bonds. The average molecular weight is 269 g/mol. The molecule has 0 aromatic heterocycles. The SMILES string of the molecule is CN(CCC(=O)Cl)CCN(C)CCC(=O)Cl. The van der Waals surface area contributed by atoms with Crippen molar-refractivity contribution in [1.29, 1.82) is 0 Å². The molecule has 0 aromatic carbocycles. The number of carbonyl (C=O) groups excluding carboxylic acids is 2. The third-order valence-corrected chi connectivity index (χ3v) is 2.62. The van der Waals surface area contributed by atoms with Gasteiger partial charge < -0.3 is 9.80 Å². The summed E-state index contributed by atoms with van der Waals surface area (Å²) in [5.74, 6) is 0. The fourth-order valence-electron chi connectivity index (χ4n) is 1.12. The van der Waals surface area contributed by atoms with Crippen molar-refractivity contribution >= 4 is 33.7 Å². The molecule has 0 N–H and O–H groups in total.